The van der Waals surface area contributed by atoms with Gasteiger partial charge in [0, 0.05) is 24.7 Å². The van der Waals surface area contributed by atoms with Crippen molar-refractivity contribution in [2.45, 2.75) is 45.1 Å². The maximum Gasteiger partial charge on any atom is 0.435 e. The Labute approximate surface area is 170 Å². The maximum atomic E-state index is 12.9. The van der Waals surface area contributed by atoms with E-state index in [1.165, 1.54) is 4.68 Å². The van der Waals surface area contributed by atoms with E-state index in [1.807, 2.05) is 20.8 Å². The van der Waals surface area contributed by atoms with Gasteiger partial charge in [-0.15, -0.1) is 0 Å². The maximum absolute atomic E-state index is 12.9. The van der Waals surface area contributed by atoms with Gasteiger partial charge in [-0.2, -0.15) is 9.78 Å². The Bertz CT molecular complexity index is 879. The van der Waals surface area contributed by atoms with Crippen molar-refractivity contribution in [3.8, 4) is 22.8 Å². The molecular weight excluding hydrogens is 374 g/mol. The van der Waals surface area contributed by atoms with Crippen molar-refractivity contribution < 1.29 is 23.7 Å². The topological polar surface area (TPSA) is 97.8 Å². The van der Waals surface area contributed by atoms with E-state index in [4.69, 9.17) is 24.7 Å². The summed E-state index contributed by atoms with van der Waals surface area (Å²) in [6, 6.07) is 5.38. The van der Waals surface area contributed by atoms with Crippen molar-refractivity contribution in [1.82, 2.24) is 9.78 Å². The molecule has 2 heterocycles. The van der Waals surface area contributed by atoms with E-state index >= 15 is 0 Å². The third-order valence-corrected chi connectivity index (χ3v) is 4.80. The molecule has 3 rings (SSSR count). The molecule has 8 heteroatoms. The number of rotatable bonds is 4. The number of hydrogen-bond acceptors (Lipinski definition) is 7. The number of nitrogens with two attached hydrogens (primary N) is 1. The van der Waals surface area contributed by atoms with Crippen LogP contribution < -0.4 is 15.2 Å². The van der Waals surface area contributed by atoms with Crippen molar-refractivity contribution in [2.24, 2.45) is 0 Å². The molecule has 1 aliphatic rings. The molecule has 2 aromatic rings. The molecule has 1 aliphatic heterocycles. The first-order chi connectivity index (χ1) is 13.7. The van der Waals surface area contributed by atoms with Gasteiger partial charge in [-0.3, -0.25) is 0 Å². The normalized spacial score (nSPS) is 15.2. The fourth-order valence-electron chi connectivity index (χ4n) is 3.45. The van der Waals surface area contributed by atoms with Crippen LogP contribution in [0.25, 0.3) is 11.3 Å². The summed E-state index contributed by atoms with van der Waals surface area (Å²) in [7, 11) is 3.16. The highest BCUT2D eigenvalue weighted by Crippen LogP contribution is 2.41. The second-order valence-corrected chi connectivity index (χ2v) is 7.99. The SMILES string of the molecule is COc1ccc(OC)c(-c2nn(C(=O)OC(C)(C)C)c(C3CCOCC3)c2N)c1. The molecule has 158 valence electrons. The van der Waals surface area contributed by atoms with E-state index < -0.39 is 11.7 Å². The van der Waals surface area contributed by atoms with Gasteiger partial charge >= 0.3 is 6.09 Å². The molecule has 1 aromatic heterocycles. The first-order valence-electron chi connectivity index (χ1n) is 9.67. The molecule has 0 amide bonds. The summed E-state index contributed by atoms with van der Waals surface area (Å²) in [6.45, 7) is 6.68. The lowest BCUT2D eigenvalue weighted by Gasteiger charge is -2.24. The molecule has 0 saturated carbocycles. The average molecular weight is 403 g/mol. The fourth-order valence-corrected chi connectivity index (χ4v) is 3.45. The minimum Gasteiger partial charge on any atom is -0.497 e. The predicted molar refractivity (Wildman–Crippen MR) is 110 cm³/mol. The van der Waals surface area contributed by atoms with E-state index in [1.54, 1.807) is 32.4 Å². The lowest BCUT2D eigenvalue weighted by molar-refractivity contribution is 0.0491. The van der Waals surface area contributed by atoms with E-state index in [-0.39, 0.29) is 5.92 Å². The van der Waals surface area contributed by atoms with Gasteiger partial charge in [0.05, 0.1) is 25.6 Å². The Morgan fingerprint density at radius 2 is 1.90 bits per heavy atom. The molecule has 0 radical (unpaired) electrons. The van der Waals surface area contributed by atoms with Crippen LogP contribution in [0, 0.1) is 0 Å². The van der Waals surface area contributed by atoms with Gasteiger partial charge in [-0.25, -0.2) is 4.79 Å². The van der Waals surface area contributed by atoms with Crippen LogP contribution in [0.2, 0.25) is 0 Å². The second kappa shape index (κ2) is 8.32. The van der Waals surface area contributed by atoms with Crippen LogP contribution in [0.5, 0.6) is 11.5 Å². The molecule has 8 nitrogen and oxygen atoms in total. The predicted octanol–water partition coefficient (Wildman–Crippen LogP) is 3.83. The molecule has 1 saturated heterocycles. The standard InChI is InChI=1S/C21H29N3O5/c1-21(2,3)29-20(25)24-19(13-8-10-28-11-9-13)17(22)18(23-24)15-12-14(26-4)6-7-16(15)27-5/h6-7,12-13H,8-11,22H2,1-5H3. The van der Waals surface area contributed by atoms with Crippen LogP contribution in [0.15, 0.2) is 18.2 Å². The average Bonchev–Trinajstić information content (AvgIpc) is 3.04. The highest BCUT2D eigenvalue weighted by molar-refractivity contribution is 5.84. The van der Waals surface area contributed by atoms with Crippen LogP contribution in [0.4, 0.5) is 10.5 Å². The summed E-state index contributed by atoms with van der Waals surface area (Å²) >= 11 is 0. The number of carbonyl (C=O) groups is 1. The van der Waals surface area contributed by atoms with Crippen LogP contribution >= 0.6 is 0 Å². The van der Waals surface area contributed by atoms with Crippen molar-refractivity contribution in [3.63, 3.8) is 0 Å². The van der Waals surface area contributed by atoms with E-state index in [0.717, 1.165) is 12.8 Å². The van der Waals surface area contributed by atoms with Gasteiger partial charge in [0.25, 0.3) is 0 Å². The number of methoxy groups -OCH3 is 2. The number of benzene rings is 1. The number of hydrogen-bond donors (Lipinski definition) is 1. The van der Waals surface area contributed by atoms with Crippen molar-refractivity contribution in [2.75, 3.05) is 33.2 Å². The smallest absolute Gasteiger partial charge is 0.435 e. The van der Waals surface area contributed by atoms with Gasteiger partial charge in [-0.1, -0.05) is 0 Å². The van der Waals surface area contributed by atoms with Crippen LogP contribution in [-0.2, 0) is 9.47 Å². The van der Waals surface area contributed by atoms with Gasteiger partial charge in [-0.05, 0) is 51.8 Å². The van der Waals surface area contributed by atoms with Crippen LogP contribution in [0.1, 0.15) is 45.2 Å². The lowest BCUT2D eigenvalue weighted by Crippen LogP contribution is -2.30. The zero-order valence-electron chi connectivity index (χ0n) is 17.7. The summed E-state index contributed by atoms with van der Waals surface area (Å²) < 4.78 is 23.2. The van der Waals surface area contributed by atoms with Crippen LogP contribution in [-0.4, -0.2) is 48.9 Å². The van der Waals surface area contributed by atoms with Crippen molar-refractivity contribution >= 4 is 11.8 Å². The summed E-state index contributed by atoms with van der Waals surface area (Å²) in [5, 5.41) is 4.56. The molecule has 1 fully saturated rings. The Balaban J connectivity index is 2.15. The number of aromatic nitrogens is 2. The van der Waals surface area contributed by atoms with Gasteiger partial charge in [0.1, 0.15) is 22.8 Å². The van der Waals surface area contributed by atoms with Gasteiger partial charge < -0.3 is 24.7 Å². The third kappa shape index (κ3) is 4.48. The Morgan fingerprint density at radius 1 is 1.21 bits per heavy atom. The number of nitrogen functional groups attached to an aromatic ring is 1. The van der Waals surface area contributed by atoms with E-state index in [9.17, 15) is 4.79 Å². The molecule has 0 bridgehead atoms. The molecule has 0 spiro atoms. The summed E-state index contributed by atoms with van der Waals surface area (Å²) in [5.41, 5.74) is 8.11. The number of ether oxygens (including phenoxy) is 4. The fraction of sp³-hybridized carbons (Fsp3) is 0.524. The largest absolute Gasteiger partial charge is 0.497 e. The quantitative estimate of drug-likeness (QED) is 0.828. The number of nitrogens with zero attached hydrogens (tertiary/aromatic N) is 2. The Kier molecular flexibility index (Phi) is 6.02. The number of carbonyl (C=O) groups excluding carboxylic acids is 1. The molecular formula is C21H29N3O5. The minimum absolute atomic E-state index is 0.0501. The zero-order valence-corrected chi connectivity index (χ0v) is 17.7. The molecule has 0 atom stereocenters. The third-order valence-electron chi connectivity index (χ3n) is 4.80. The zero-order chi connectivity index (χ0) is 21.2. The minimum atomic E-state index is -0.654. The molecule has 2 N–H and O–H groups in total. The Hall–Kier alpha value is -2.74. The lowest BCUT2D eigenvalue weighted by atomic mass is 9.94. The summed E-state index contributed by atoms with van der Waals surface area (Å²) in [5.74, 6) is 1.28. The molecule has 0 aliphatic carbocycles. The monoisotopic (exact) mass is 403 g/mol. The molecule has 29 heavy (non-hydrogen) atoms. The first kappa shape index (κ1) is 21.0. The number of anilines is 1. The van der Waals surface area contributed by atoms with Gasteiger partial charge in [0.2, 0.25) is 0 Å². The van der Waals surface area contributed by atoms with Crippen molar-refractivity contribution in [1.29, 1.82) is 0 Å². The van der Waals surface area contributed by atoms with Crippen molar-refractivity contribution in [3.05, 3.63) is 23.9 Å². The second-order valence-electron chi connectivity index (χ2n) is 7.99. The molecule has 0 unspecified atom stereocenters. The highest BCUT2D eigenvalue weighted by Gasteiger charge is 2.31. The van der Waals surface area contributed by atoms with E-state index in [2.05, 4.69) is 5.10 Å². The van der Waals surface area contributed by atoms with E-state index in [0.29, 0.717) is 47.4 Å². The Morgan fingerprint density at radius 3 is 2.48 bits per heavy atom. The molecule has 1 aromatic carbocycles. The summed E-state index contributed by atoms with van der Waals surface area (Å²) in [4.78, 5) is 12.9. The van der Waals surface area contributed by atoms with Crippen LogP contribution in [0.3, 0.4) is 0 Å². The van der Waals surface area contributed by atoms with Gasteiger partial charge in [0.15, 0.2) is 0 Å². The first-order valence-corrected chi connectivity index (χ1v) is 9.67. The summed E-state index contributed by atoms with van der Waals surface area (Å²) in [6.07, 6.45) is 0.958. The highest BCUT2D eigenvalue weighted by atomic mass is 16.6.